The van der Waals surface area contributed by atoms with Crippen LogP contribution in [0.4, 0.5) is 5.82 Å². The highest BCUT2D eigenvalue weighted by Gasteiger charge is 2.05. The van der Waals surface area contributed by atoms with Gasteiger partial charge in [0.1, 0.15) is 18.4 Å². The van der Waals surface area contributed by atoms with Gasteiger partial charge >= 0.3 is 0 Å². The Balaban J connectivity index is 2.84. The summed E-state index contributed by atoms with van der Waals surface area (Å²) in [5.74, 6) is -0.152. The second kappa shape index (κ2) is 3.05. The Labute approximate surface area is 69.4 Å². The number of hydrogen-bond donors (Lipinski definition) is 1. The van der Waals surface area contributed by atoms with Crippen molar-refractivity contribution >= 4 is 11.6 Å². The number of Topliss-reactive ketones (excluding diaryl/α,β-unsaturated/α-hetero) is 1. The third kappa shape index (κ3) is 1.61. The van der Waals surface area contributed by atoms with E-state index in [0.717, 1.165) is 5.69 Å². The molecule has 12 heavy (non-hydrogen) atoms. The molecule has 0 aliphatic rings. The fourth-order valence-corrected chi connectivity index (χ4v) is 0.864. The van der Waals surface area contributed by atoms with E-state index < -0.39 is 5.78 Å². The lowest BCUT2D eigenvalue weighted by atomic mass is 10.4. The Kier molecular flexibility index (Phi) is 2.10. The molecule has 62 valence electrons. The van der Waals surface area contributed by atoms with E-state index in [-0.39, 0.29) is 6.54 Å². The quantitative estimate of drug-likeness (QED) is 0.617. The van der Waals surface area contributed by atoms with Crippen molar-refractivity contribution in [1.82, 2.24) is 9.78 Å². The van der Waals surface area contributed by atoms with Crippen LogP contribution in [0.1, 0.15) is 5.69 Å². The van der Waals surface area contributed by atoms with E-state index in [0.29, 0.717) is 5.82 Å². The summed E-state index contributed by atoms with van der Waals surface area (Å²) < 4.78 is 1.31. The average molecular weight is 164 g/mol. The van der Waals surface area contributed by atoms with E-state index in [1.54, 1.807) is 13.0 Å². The second-order valence-electron chi connectivity index (χ2n) is 2.40. The van der Waals surface area contributed by atoms with Gasteiger partial charge in [-0.25, -0.2) is 4.68 Å². The molecule has 5 heteroatoms. The van der Waals surface area contributed by atoms with Crippen molar-refractivity contribution in [2.75, 3.05) is 5.73 Å². The van der Waals surface area contributed by atoms with E-state index in [1.165, 1.54) is 10.8 Å². The average Bonchev–Trinajstić information content (AvgIpc) is 2.30. The van der Waals surface area contributed by atoms with Crippen molar-refractivity contribution < 1.29 is 4.79 Å². The molecule has 1 aromatic heterocycles. The summed E-state index contributed by atoms with van der Waals surface area (Å²) in [6.07, 6.45) is 0. The number of nitrogen functional groups attached to an aromatic ring is 1. The third-order valence-electron chi connectivity index (χ3n) is 1.35. The molecule has 1 aromatic rings. The maximum Gasteiger partial charge on any atom is 0.253 e. The van der Waals surface area contributed by atoms with Crippen LogP contribution < -0.4 is 5.73 Å². The van der Waals surface area contributed by atoms with Gasteiger partial charge in [0.15, 0.2) is 0 Å². The van der Waals surface area contributed by atoms with E-state index >= 15 is 0 Å². The first-order valence-corrected chi connectivity index (χ1v) is 3.36. The van der Waals surface area contributed by atoms with Crippen LogP contribution in [0, 0.1) is 18.3 Å². The summed E-state index contributed by atoms with van der Waals surface area (Å²) in [6.45, 7) is 1.69. The van der Waals surface area contributed by atoms with Gasteiger partial charge in [-0.15, -0.1) is 0 Å². The van der Waals surface area contributed by atoms with Crippen molar-refractivity contribution in [3.63, 3.8) is 0 Å². The predicted molar refractivity (Wildman–Crippen MR) is 42.0 cm³/mol. The molecule has 0 saturated heterocycles. The minimum atomic E-state index is -0.551. The minimum Gasteiger partial charge on any atom is -0.384 e. The van der Waals surface area contributed by atoms with Crippen LogP contribution >= 0.6 is 0 Å². The number of aryl methyl sites for hydroxylation is 1. The lowest BCUT2D eigenvalue weighted by Gasteiger charge is -1.96. The number of aromatic nitrogens is 2. The molecule has 1 rings (SSSR count). The van der Waals surface area contributed by atoms with Crippen LogP contribution in [0.3, 0.4) is 0 Å². The molecule has 0 amide bonds. The van der Waals surface area contributed by atoms with Gasteiger partial charge in [-0.1, -0.05) is 0 Å². The first-order valence-electron chi connectivity index (χ1n) is 3.36. The van der Waals surface area contributed by atoms with Gasteiger partial charge < -0.3 is 5.73 Å². The number of carbonyl (C=O) groups is 1. The zero-order valence-corrected chi connectivity index (χ0v) is 6.61. The molecule has 0 spiro atoms. The van der Waals surface area contributed by atoms with Gasteiger partial charge in [0.2, 0.25) is 0 Å². The van der Waals surface area contributed by atoms with E-state index in [4.69, 9.17) is 11.0 Å². The molecule has 5 nitrogen and oxygen atoms in total. The molecule has 0 atom stereocenters. The second-order valence-corrected chi connectivity index (χ2v) is 2.40. The lowest BCUT2D eigenvalue weighted by Crippen LogP contribution is -2.11. The summed E-state index contributed by atoms with van der Waals surface area (Å²) in [5.41, 5.74) is 6.22. The highest BCUT2D eigenvalue weighted by molar-refractivity contribution is 5.93. The molecule has 0 aliphatic carbocycles. The van der Waals surface area contributed by atoms with Crippen molar-refractivity contribution in [3.05, 3.63) is 11.8 Å². The summed E-state index contributed by atoms with van der Waals surface area (Å²) in [4.78, 5) is 10.7. The fourth-order valence-electron chi connectivity index (χ4n) is 0.864. The number of carbonyl (C=O) groups excluding carboxylic acids is 1. The van der Waals surface area contributed by atoms with Crippen LogP contribution in [0.15, 0.2) is 6.07 Å². The van der Waals surface area contributed by atoms with Crippen molar-refractivity contribution in [3.8, 4) is 6.07 Å². The first-order chi connectivity index (χ1) is 5.63. The van der Waals surface area contributed by atoms with Crippen molar-refractivity contribution in [2.24, 2.45) is 0 Å². The van der Waals surface area contributed by atoms with Gasteiger partial charge in [0.05, 0.1) is 5.69 Å². The molecular formula is C7H8N4O. The number of hydrogen-bond acceptors (Lipinski definition) is 4. The van der Waals surface area contributed by atoms with E-state index in [2.05, 4.69) is 5.10 Å². The van der Waals surface area contributed by atoms with Gasteiger partial charge in [-0.2, -0.15) is 10.4 Å². The molecule has 0 aliphatic heterocycles. The van der Waals surface area contributed by atoms with Crippen LogP contribution in [0.25, 0.3) is 0 Å². The zero-order chi connectivity index (χ0) is 9.14. The first kappa shape index (κ1) is 8.27. The number of nitrogens with two attached hydrogens (primary N) is 1. The molecule has 0 radical (unpaired) electrons. The monoisotopic (exact) mass is 164 g/mol. The van der Waals surface area contributed by atoms with Crippen LogP contribution in [0.2, 0.25) is 0 Å². The van der Waals surface area contributed by atoms with E-state index in [9.17, 15) is 4.79 Å². The number of rotatable bonds is 2. The van der Waals surface area contributed by atoms with Crippen LogP contribution in [-0.4, -0.2) is 15.6 Å². The van der Waals surface area contributed by atoms with Gasteiger partial charge in [-0.3, -0.25) is 4.79 Å². The Morgan fingerprint density at radius 1 is 1.92 bits per heavy atom. The highest BCUT2D eigenvalue weighted by atomic mass is 16.1. The highest BCUT2D eigenvalue weighted by Crippen LogP contribution is 2.04. The molecule has 0 aromatic carbocycles. The number of anilines is 1. The van der Waals surface area contributed by atoms with Gasteiger partial charge in [0.25, 0.3) is 5.78 Å². The number of ketones is 1. The maximum absolute atomic E-state index is 10.7. The molecule has 1 heterocycles. The fraction of sp³-hybridized carbons (Fsp3) is 0.286. The Morgan fingerprint density at radius 3 is 3.00 bits per heavy atom. The largest absolute Gasteiger partial charge is 0.384 e. The van der Waals surface area contributed by atoms with Crippen molar-refractivity contribution in [1.29, 1.82) is 5.26 Å². The Bertz CT molecular complexity index is 347. The standard InChI is InChI=1S/C7H8N4O/c1-5-2-7(9)11(10-5)4-6(12)3-8/h2H,4,9H2,1H3. The lowest BCUT2D eigenvalue weighted by molar-refractivity contribution is -0.114. The number of nitriles is 1. The SMILES string of the molecule is Cc1cc(N)n(CC(=O)C#N)n1. The molecular weight excluding hydrogens is 156 g/mol. The molecule has 0 fully saturated rings. The third-order valence-corrected chi connectivity index (χ3v) is 1.35. The van der Waals surface area contributed by atoms with Crippen LogP contribution in [-0.2, 0) is 11.3 Å². The summed E-state index contributed by atoms with van der Waals surface area (Å²) in [7, 11) is 0. The number of nitrogens with zero attached hydrogens (tertiary/aromatic N) is 3. The molecule has 0 saturated carbocycles. The van der Waals surface area contributed by atoms with Crippen LogP contribution in [0.5, 0.6) is 0 Å². The topological polar surface area (TPSA) is 84.7 Å². The minimum absolute atomic E-state index is 0.0732. The van der Waals surface area contributed by atoms with E-state index in [1.807, 2.05) is 0 Å². The van der Waals surface area contributed by atoms with Gasteiger partial charge in [-0.05, 0) is 6.92 Å². The molecule has 0 unspecified atom stereocenters. The Hall–Kier alpha value is -1.83. The predicted octanol–water partition coefficient (Wildman–Crippen LogP) is -0.134. The maximum atomic E-state index is 10.7. The molecule has 0 bridgehead atoms. The van der Waals surface area contributed by atoms with Gasteiger partial charge in [0, 0.05) is 6.07 Å². The normalized spacial score (nSPS) is 9.33. The summed E-state index contributed by atoms with van der Waals surface area (Å²) in [6, 6.07) is 3.14. The van der Waals surface area contributed by atoms with Crippen molar-refractivity contribution in [2.45, 2.75) is 13.5 Å². The Morgan fingerprint density at radius 2 is 2.58 bits per heavy atom. The summed E-state index contributed by atoms with van der Waals surface area (Å²) >= 11 is 0. The zero-order valence-electron chi connectivity index (χ0n) is 6.61. The molecule has 2 N–H and O–H groups in total. The smallest absolute Gasteiger partial charge is 0.253 e. The summed E-state index contributed by atoms with van der Waals surface area (Å²) in [5, 5.41) is 12.1.